The number of alkyl carbamates (subject to hydrolysis) is 1. The number of hydrogen-bond acceptors (Lipinski definition) is 4. The van der Waals surface area contributed by atoms with Crippen molar-refractivity contribution in [1.29, 1.82) is 0 Å². The SMILES string of the molecule is CC(C)(C)OC(=O)NC[C@H]1CCNc2cccnc21. The summed E-state index contributed by atoms with van der Waals surface area (Å²) in [7, 11) is 0. The van der Waals surface area contributed by atoms with Crippen LogP contribution in [-0.2, 0) is 4.74 Å². The first kappa shape index (κ1) is 13.6. The molecular formula is C14H21N3O2. The molecular weight excluding hydrogens is 242 g/mol. The lowest BCUT2D eigenvalue weighted by atomic mass is 9.96. The molecule has 0 bridgehead atoms. The van der Waals surface area contributed by atoms with Gasteiger partial charge in [-0.3, -0.25) is 4.98 Å². The molecule has 0 aliphatic carbocycles. The van der Waals surface area contributed by atoms with Gasteiger partial charge >= 0.3 is 6.09 Å². The summed E-state index contributed by atoms with van der Waals surface area (Å²) in [6.07, 6.45) is 2.37. The number of nitrogens with one attached hydrogen (secondary N) is 2. The number of carbonyl (C=O) groups is 1. The minimum Gasteiger partial charge on any atom is -0.444 e. The Balaban J connectivity index is 1.93. The van der Waals surface area contributed by atoms with Gasteiger partial charge in [0.05, 0.1) is 11.4 Å². The Morgan fingerprint density at radius 3 is 3.11 bits per heavy atom. The third-order valence-corrected chi connectivity index (χ3v) is 2.93. The zero-order valence-corrected chi connectivity index (χ0v) is 11.7. The fourth-order valence-corrected chi connectivity index (χ4v) is 2.13. The molecule has 0 saturated heterocycles. The zero-order chi connectivity index (χ0) is 13.9. The van der Waals surface area contributed by atoms with Crippen molar-refractivity contribution in [3.63, 3.8) is 0 Å². The van der Waals surface area contributed by atoms with E-state index in [-0.39, 0.29) is 12.0 Å². The van der Waals surface area contributed by atoms with E-state index in [0.717, 1.165) is 24.3 Å². The third-order valence-electron chi connectivity index (χ3n) is 2.93. The second-order valence-electron chi connectivity index (χ2n) is 5.73. The predicted octanol–water partition coefficient (Wildman–Crippen LogP) is 2.51. The number of ether oxygens (including phenoxy) is 1. The summed E-state index contributed by atoms with van der Waals surface area (Å²) in [5.41, 5.74) is 1.61. The van der Waals surface area contributed by atoms with Gasteiger partial charge < -0.3 is 15.4 Å². The van der Waals surface area contributed by atoms with Gasteiger partial charge in [0.25, 0.3) is 0 Å². The van der Waals surface area contributed by atoms with E-state index in [1.807, 2.05) is 32.9 Å². The summed E-state index contributed by atoms with van der Waals surface area (Å²) >= 11 is 0. The van der Waals surface area contributed by atoms with Crippen LogP contribution in [0.2, 0.25) is 0 Å². The molecule has 5 heteroatoms. The first-order valence-corrected chi connectivity index (χ1v) is 6.61. The quantitative estimate of drug-likeness (QED) is 0.860. The topological polar surface area (TPSA) is 63.2 Å². The number of rotatable bonds is 2. The van der Waals surface area contributed by atoms with E-state index < -0.39 is 5.60 Å². The zero-order valence-electron chi connectivity index (χ0n) is 11.7. The summed E-state index contributed by atoms with van der Waals surface area (Å²) in [5.74, 6) is 0.241. The van der Waals surface area contributed by atoms with Crippen LogP contribution in [0, 0.1) is 0 Å². The molecule has 0 radical (unpaired) electrons. The molecule has 104 valence electrons. The molecule has 1 amide bonds. The van der Waals surface area contributed by atoms with Gasteiger partial charge in [-0.25, -0.2) is 4.79 Å². The molecule has 0 aromatic carbocycles. The van der Waals surface area contributed by atoms with Crippen molar-refractivity contribution < 1.29 is 9.53 Å². The van der Waals surface area contributed by atoms with Crippen LogP contribution in [0.1, 0.15) is 38.8 Å². The molecule has 19 heavy (non-hydrogen) atoms. The van der Waals surface area contributed by atoms with Crippen LogP contribution in [0.15, 0.2) is 18.3 Å². The molecule has 1 aromatic heterocycles. The smallest absolute Gasteiger partial charge is 0.407 e. The largest absolute Gasteiger partial charge is 0.444 e. The van der Waals surface area contributed by atoms with E-state index in [2.05, 4.69) is 15.6 Å². The Morgan fingerprint density at radius 2 is 2.37 bits per heavy atom. The Bertz CT molecular complexity index is 454. The number of pyridine rings is 1. The molecule has 1 aromatic rings. The molecule has 1 atom stereocenters. The normalized spacial score (nSPS) is 18.2. The van der Waals surface area contributed by atoms with Crippen molar-refractivity contribution in [3.05, 3.63) is 24.0 Å². The molecule has 0 spiro atoms. The Hall–Kier alpha value is -1.78. The highest BCUT2D eigenvalue weighted by Crippen LogP contribution is 2.28. The molecule has 0 saturated carbocycles. The van der Waals surface area contributed by atoms with E-state index in [1.54, 1.807) is 6.20 Å². The average molecular weight is 263 g/mol. The maximum atomic E-state index is 11.6. The van der Waals surface area contributed by atoms with E-state index in [1.165, 1.54) is 0 Å². The van der Waals surface area contributed by atoms with E-state index in [0.29, 0.717) is 6.54 Å². The highest BCUT2D eigenvalue weighted by Gasteiger charge is 2.23. The molecule has 1 aliphatic rings. The van der Waals surface area contributed by atoms with Crippen LogP contribution in [-0.4, -0.2) is 29.8 Å². The van der Waals surface area contributed by atoms with Gasteiger partial charge in [-0.1, -0.05) is 0 Å². The summed E-state index contributed by atoms with van der Waals surface area (Å²) in [4.78, 5) is 16.0. The first-order chi connectivity index (χ1) is 8.96. The molecule has 2 rings (SSSR count). The van der Waals surface area contributed by atoms with Crippen molar-refractivity contribution >= 4 is 11.8 Å². The maximum Gasteiger partial charge on any atom is 0.407 e. The number of fused-ring (bicyclic) bond motifs is 1. The minimum absolute atomic E-state index is 0.241. The second-order valence-corrected chi connectivity index (χ2v) is 5.73. The van der Waals surface area contributed by atoms with Gasteiger partial charge in [0, 0.05) is 25.2 Å². The van der Waals surface area contributed by atoms with Crippen LogP contribution in [0.3, 0.4) is 0 Å². The summed E-state index contributed by atoms with van der Waals surface area (Å²) < 4.78 is 5.23. The number of amides is 1. The Kier molecular flexibility index (Phi) is 3.93. The molecule has 0 unspecified atom stereocenters. The standard InChI is InChI=1S/C14H21N3O2/c1-14(2,3)19-13(18)17-9-10-6-8-15-11-5-4-7-16-12(10)11/h4-5,7,10,15H,6,8-9H2,1-3H3,(H,17,18)/t10-/m1/s1. The summed E-state index contributed by atoms with van der Waals surface area (Å²) in [6.45, 7) is 7.02. The monoisotopic (exact) mass is 263 g/mol. The number of anilines is 1. The predicted molar refractivity (Wildman–Crippen MR) is 74.3 cm³/mol. The van der Waals surface area contributed by atoms with Crippen molar-refractivity contribution in [3.8, 4) is 0 Å². The lowest BCUT2D eigenvalue weighted by molar-refractivity contribution is 0.0524. The lowest BCUT2D eigenvalue weighted by Crippen LogP contribution is -2.36. The average Bonchev–Trinajstić information content (AvgIpc) is 2.34. The number of hydrogen-bond donors (Lipinski definition) is 2. The molecule has 5 nitrogen and oxygen atoms in total. The van der Waals surface area contributed by atoms with Crippen molar-refractivity contribution in [2.24, 2.45) is 0 Å². The van der Waals surface area contributed by atoms with Crippen molar-refractivity contribution in [1.82, 2.24) is 10.3 Å². The second kappa shape index (κ2) is 5.47. The van der Waals surface area contributed by atoms with Gasteiger partial charge in [0.1, 0.15) is 5.60 Å². The molecule has 0 fully saturated rings. The van der Waals surface area contributed by atoms with E-state index in [9.17, 15) is 4.79 Å². The van der Waals surface area contributed by atoms with Crippen LogP contribution >= 0.6 is 0 Å². The van der Waals surface area contributed by atoms with E-state index >= 15 is 0 Å². The lowest BCUT2D eigenvalue weighted by Gasteiger charge is -2.26. The van der Waals surface area contributed by atoms with Gasteiger partial charge in [0.2, 0.25) is 0 Å². The van der Waals surface area contributed by atoms with Crippen LogP contribution in [0.5, 0.6) is 0 Å². The van der Waals surface area contributed by atoms with E-state index in [4.69, 9.17) is 4.74 Å². The van der Waals surface area contributed by atoms with Crippen molar-refractivity contribution in [2.75, 3.05) is 18.4 Å². The van der Waals surface area contributed by atoms with Crippen LogP contribution < -0.4 is 10.6 Å². The van der Waals surface area contributed by atoms with Gasteiger partial charge in [-0.15, -0.1) is 0 Å². The highest BCUT2D eigenvalue weighted by atomic mass is 16.6. The fourth-order valence-electron chi connectivity index (χ4n) is 2.13. The Morgan fingerprint density at radius 1 is 1.58 bits per heavy atom. The minimum atomic E-state index is -0.464. The highest BCUT2D eigenvalue weighted by molar-refractivity contribution is 5.67. The third kappa shape index (κ3) is 3.84. The first-order valence-electron chi connectivity index (χ1n) is 6.61. The number of aromatic nitrogens is 1. The molecule has 1 aliphatic heterocycles. The van der Waals surface area contributed by atoms with Crippen LogP contribution in [0.4, 0.5) is 10.5 Å². The van der Waals surface area contributed by atoms with Gasteiger partial charge in [-0.2, -0.15) is 0 Å². The molecule has 2 heterocycles. The van der Waals surface area contributed by atoms with Crippen LogP contribution in [0.25, 0.3) is 0 Å². The Labute approximate surface area is 113 Å². The maximum absolute atomic E-state index is 11.6. The van der Waals surface area contributed by atoms with Gasteiger partial charge in [-0.05, 0) is 39.3 Å². The van der Waals surface area contributed by atoms with Crippen molar-refractivity contribution in [2.45, 2.75) is 38.7 Å². The summed E-state index contributed by atoms with van der Waals surface area (Å²) in [5, 5.41) is 6.13. The summed E-state index contributed by atoms with van der Waals surface area (Å²) in [6, 6.07) is 3.93. The molecule has 2 N–H and O–H groups in total. The number of carbonyl (C=O) groups excluding carboxylic acids is 1. The fraction of sp³-hybridized carbons (Fsp3) is 0.571. The number of nitrogens with zero attached hydrogens (tertiary/aromatic N) is 1. The van der Waals surface area contributed by atoms with Gasteiger partial charge in [0.15, 0.2) is 0 Å².